The summed E-state index contributed by atoms with van der Waals surface area (Å²) in [6.45, 7) is 3.96. The van der Waals surface area contributed by atoms with Crippen molar-refractivity contribution in [3.63, 3.8) is 0 Å². The van der Waals surface area contributed by atoms with E-state index in [2.05, 4.69) is 15.7 Å². The smallest absolute Gasteiger partial charge is 0.287 e. The fourth-order valence-electron chi connectivity index (χ4n) is 1.88. The summed E-state index contributed by atoms with van der Waals surface area (Å²) >= 11 is 0. The number of ketones is 1. The van der Waals surface area contributed by atoms with Crippen molar-refractivity contribution in [2.24, 2.45) is 0 Å². The van der Waals surface area contributed by atoms with Gasteiger partial charge in [0.2, 0.25) is 0 Å². The monoisotopic (exact) mass is 264 g/mol. The van der Waals surface area contributed by atoms with Gasteiger partial charge in [0.05, 0.1) is 6.04 Å². The molecular formula is C13H20N4O2. The maximum absolute atomic E-state index is 12.4. The lowest BCUT2D eigenvalue weighted by Crippen LogP contribution is -2.50. The zero-order valence-electron chi connectivity index (χ0n) is 11.7. The third-order valence-electron chi connectivity index (χ3n) is 2.79. The van der Waals surface area contributed by atoms with E-state index >= 15 is 0 Å². The van der Waals surface area contributed by atoms with Gasteiger partial charge in [0.1, 0.15) is 5.69 Å². The molecule has 104 valence electrons. The number of carbonyl (C=O) groups is 2. The average Bonchev–Trinajstić information content (AvgIpc) is 2.39. The first kappa shape index (κ1) is 15.3. The molecule has 1 rings (SSSR count). The highest BCUT2D eigenvalue weighted by Crippen LogP contribution is 2.10. The molecule has 1 aromatic heterocycles. The molecule has 0 aliphatic rings. The van der Waals surface area contributed by atoms with Crippen molar-refractivity contribution in [3.05, 3.63) is 29.6 Å². The third-order valence-corrected chi connectivity index (χ3v) is 2.79. The molecule has 0 bridgehead atoms. The normalized spacial score (nSPS) is 12.0. The summed E-state index contributed by atoms with van der Waals surface area (Å²) in [6.07, 6.45) is 1.51. The lowest BCUT2D eigenvalue weighted by Gasteiger charge is -2.28. The number of pyridine rings is 1. The van der Waals surface area contributed by atoms with Crippen LogP contribution in [-0.4, -0.2) is 48.4 Å². The number of hydrazine groups is 1. The molecule has 0 saturated heterocycles. The van der Waals surface area contributed by atoms with E-state index in [1.54, 1.807) is 19.2 Å². The Labute approximate surface area is 113 Å². The van der Waals surface area contributed by atoms with Crippen molar-refractivity contribution in [3.8, 4) is 0 Å². The van der Waals surface area contributed by atoms with Gasteiger partial charge in [-0.2, -0.15) is 0 Å². The number of carbonyl (C=O) groups excluding carboxylic acids is 2. The third kappa shape index (κ3) is 3.59. The van der Waals surface area contributed by atoms with Crippen LogP contribution in [0.5, 0.6) is 0 Å². The van der Waals surface area contributed by atoms with Crippen LogP contribution >= 0.6 is 0 Å². The minimum absolute atomic E-state index is 0.0654. The summed E-state index contributed by atoms with van der Waals surface area (Å²) in [6, 6.07) is 3.19. The predicted molar refractivity (Wildman–Crippen MR) is 72.9 cm³/mol. The summed E-state index contributed by atoms with van der Waals surface area (Å²) < 4.78 is 0. The van der Waals surface area contributed by atoms with E-state index in [0.29, 0.717) is 12.1 Å². The lowest BCUT2D eigenvalue weighted by molar-refractivity contribution is 0.0584. The zero-order valence-corrected chi connectivity index (χ0v) is 11.7. The van der Waals surface area contributed by atoms with Gasteiger partial charge in [0.25, 0.3) is 5.91 Å². The molecule has 1 aromatic rings. The van der Waals surface area contributed by atoms with Crippen LogP contribution in [0.4, 0.5) is 0 Å². The van der Waals surface area contributed by atoms with Gasteiger partial charge in [-0.15, -0.1) is 0 Å². The maximum atomic E-state index is 12.4. The second kappa shape index (κ2) is 6.96. The molecule has 0 aliphatic heterocycles. The Morgan fingerprint density at radius 1 is 1.42 bits per heavy atom. The van der Waals surface area contributed by atoms with Gasteiger partial charge in [-0.3, -0.25) is 19.6 Å². The number of rotatable bonds is 6. The van der Waals surface area contributed by atoms with E-state index in [1.165, 1.54) is 18.1 Å². The van der Waals surface area contributed by atoms with Gasteiger partial charge in [0.15, 0.2) is 5.78 Å². The molecule has 1 unspecified atom stereocenters. The van der Waals surface area contributed by atoms with E-state index in [-0.39, 0.29) is 23.4 Å². The molecular weight excluding hydrogens is 244 g/mol. The molecule has 0 radical (unpaired) electrons. The second-order valence-electron chi connectivity index (χ2n) is 4.26. The predicted octanol–water partition coefficient (Wildman–Crippen LogP) is 0.469. The quantitative estimate of drug-likeness (QED) is 0.577. The molecule has 0 spiro atoms. The van der Waals surface area contributed by atoms with Gasteiger partial charge >= 0.3 is 0 Å². The summed E-state index contributed by atoms with van der Waals surface area (Å²) in [5.41, 5.74) is 3.35. The fourth-order valence-corrected chi connectivity index (χ4v) is 1.88. The van der Waals surface area contributed by atoms with E-state index < -0.39 is 0 Å². The fraction of sp³-hybridized carbons (Fsp3) is 0.462. The van der Waals surface area contributed by atoms with Crippen molar-refractivity contribution in [2.75, 3.05) is 20.6 Å². The van der Waals surface area contributed by atoms with Crippen LogP contribution in [0.3, 0.4) is 0 Å². The molecule has 0 saturated carbocycles. The van der Waals surface area contributed by atoms with Gasteiger partial charge in [-0.05, 0) is 33.0 Å². The molecule has 0 fully saturated rings. The zero-order chi connectivity index (χ0) is 14.4. The Bertz CT molecular complexity index is 462. The van der Waals surface area contributed by atoms with Gasteiger partial charge < -0.3 is 5.32 Å². The number of aromatic nitrogens is 1. The summed E-state index contributed by atoms with van der Waals surface area (Å²) in [4.78, 5) is 28.0. The Kier molecular flexibility index (Phi) is 5.59. The van der Waals surface area contributed by atoms with E-state index in [0.717, 1.165) is 0 Å². The molecule has 1 amide bonds. The van der Waals surface area contributed by atoms with Gasteiger partial charge in [-0.1, -0.05) is 0 Å². The first-order chi connectivity index (χ1) is 9.02. The molecule has 19 heavy (non-hydrogen) atoms. The highest BCUT2D eigenvalue weighted by molar-refractivity contribution is 6.05. The number of hydrogen-bond acceptors (Lipinski definition) is 5. The van der Waals surface area contributed by atoms with Crippen molar-refractivity contribution in [2.45, 2.75) is 19.9 Å². The van der Waals surface area contributed by atoms with Crippen LogP contribution in [0.1, 0.15) is 34.7 Å². The van der Waals surface area contributed by atoms with Crippen LogP contribution in [-0.2, 0) is 0 Å². The number of likely N-dealkylation sites (N-methyl/N-ethyl adjacent to an activating group) is 1. The topological polar surface area (TPSA) is 74.3 Å². The summed E-state index contributed by atoms with van der Waals surface area (Å²) in [7, 11) is 3.48. The standard InChI is InChI=1S/C13H20N4O2/c1-9(8-14-3)17(15-4)13(19)12-11(10(2)18)6-5-7-16-12/h5-7,9,14-15H,8H2,1-4H3. The minimum Gasteiger partial charge on any atom is -0.318 e. The average molecular weight is 264 g/mol. The largest absolute Gasteiger partial charge is 0.318 e. The highest BCUT2D eigenvalue weighted by atomic mass is 16.2. The van der Waals surface area contributed by atoms with Crippen LogP contribution in [0.15, 0.2) is 18.3 Å². The maximum Gasteiger partial charge on any atom is 0.287 e. The van der Waals surface area contributed by atoms with E-state index in [9.17, 15) is 9.59 Å². The number of Topliss-reactive ketones (excluding diaryl/α,β-unsaturated/α-hetero) is 1. The molecule has 6 nitrogen and oxygen atoms in total. The van der Waals surface area contributed by atoms with Crippen molar-refractivity contribution in [1.29, 1.82) is 0 Å². The van der Waals surface area contributed by atoms with E-state index in [4.69, 9.17) is 0 Å². The van der Waals surface area contributed by atoms with Crippen molar-refractivity contribution in [1.82, 2.24) is 20.7 Å². The summed E-state index contributed by atoms with van der Waals surface area (Å²) in [5.74, 6) is -0.482. The molecule has 0 aromatic carbocycles. The molecule has 2 N–H and O–H groups in total. The Morgan fingerprint density at radius 2 is 2.11 bits per heavy atom. The Hall–Kier alpha value is -1.79. The van der Waals surface area contributed by atoms with Crippen LogP contribution in [0.25, 0.3) is 0 Å². The Morgan fingerprint density at radius 3 is 2.63 bits per heavy atom. The van der Waals surface area contributed by atoms with Crippen LogP contribution < -0.4 is 10.7 Å². The number of nitrogens with zero attached hydrogens (tertiary/aromatic N) is 2. The number of nitrogens with one attached hydrogen (secondary N) is 2. The van der Waals surface area contributed by atoms with Crippen LogP contribution in [0, 0.1) is 0 Å². The SMILES string of the molecule is CNCC(C)N(NC)C(=O)c1ncccc1C(C)=O. The lowest BCUT2D eigenvalue weighted by atomic mass is 10.1. The molecule has 0 aliphatic carbocycles. The minimum atomic E-state index is -0.309. The molecule has 1 atom stereocenters. The van der Waals surface area contributed by atoms with Gasteiger partial charge in [-0.25, -0.2) is 5.43 Å². The van der Waals surface area contributed by atoms with Crippen molar-refractivity contribution >= 4 is 11.7 Å². The first-order valence-electron chi connectivity index (χ1n) is 6.14. The highest BCUT2D eigenvalue weighted by Gasteiger charge is 2.24. The Balaban J connectivity index is 3.07. The summed E-state index contributed by atoms with van der Waals surface area (Å²) in [5, 5.41) is 4.47. The first-order valence-corrected chi connectivity index (χ1v) is 6.14. The van der Waals surface area contributed by atoms with E-state index in [1.807, 2.05) is 14.0 Å². The van der Waals surface area contributed by atoms with Crippen LogP contribution in [0.2, 0.25) is 0 Å². The number of hydrogen-bond donors (Lipinski definition) is 2. The second-order valence-corrected chi connectivity index (χ2v) is 4.26. The van der Waals surface area contributed by atoms with Crippen molar-refractivity contribution < 1.29 is 9.59 Å². The van der Waals surface area contributed by atoms with Gasteiger partial charge in [0, 0.05) is 25.4 Å². The number of amides is 1. The molecule has 6 heteroatoms. The molecule has 1 heterocycles.